The molecule has 0 saturated heterocycles. The van der Waals surface area contributed by atoms with E-state index in [1.165, 1.54) is 16.7 Å². The van der Waals surface area contributed by atoms with Gasteiger partial charge in [0.15, 0.2) is 0 Å². The molecule has 0 aromatic heterocycles. The van der Waals surface area contributed by atoms with Gasteiger partial charge in [-0.2, -0.15) is 0 Å². The summed E-state index contributed by atoms with van der Waals surface area (Å²) < 4.78 is 0. The minimum Gasteiger partial charge on any atom is -0.327 e. The minimum atomic E-state index is 0.201. The van der Waals surface area contributed by atoms with Gasteiger partial charge in [0.1, 0.15) is 0 Å². The molecule has 76 valence electrons. The Morgan fingerprint density at radius 3 is 2.43 bits per heavy atom. The van der Waals surface area contributed by atoms with E-state index in [1.54, 1.807) is 0 Å². The molecule has 0 spiro atoms. The van der Waals surface area contributed by atoms with E-state index >= 15 is 0 Å². The Morgan fingerprint density at radius 1 is 1.36 bits per heavy atom. The molecule has 0 radical (unpaired) electrons. The van der Waals surface area contributed by atoms with Gasteiger partial charge in [-0.05, 0) is 43.4 Å². The summed E-state index contributed by atoms with van der Waals surface area (Å²) in [7, 11) is 0. The maximum absolute atomic E-state index is 5.98. The quantitative estimate of drug-likeness (QED) is 0.724. The third-order valence-electron chi connectivity index (χ3n) is 2.58. The highest BCUT2D eigenvalue weighted by atomic mass is 14.6. The molecular weight excluding hydrogens is 170 g/mol. The predicted molar refractivity (Wildman–Crippen MR) is 62.4 cm³/mol. The molecule has 1 atom stereocenters. The van der Waals surface area contributed by atoms with Crippen LogP contribution in [0.1, 0.15) is 23.1 Å². The number of rotatable bonds is 4. The zero-order chi connectivity index (χ0) is 10.6. The van der Waals surface area contributed by atoms with E-state index in [2.05, 4.69) is 38.6 Å². The fraction of sp³-hybridized carbons (Fsp3) is 0.385. The summed E-state index contributed by atoms with van der Waals surface area (Å²) in [6, 6.07) is 6.58. The van der Waals surface area contributed by atoms with Crippen LogP contribution in [0, 0.1) is 13.8 Å². The molecule has 1 aromatic rings. The molecule has 0 fully saturated rings. The molecule has 1 unspecified atom stereocenters. The Hall–Kier alpha value is -1.08. The van der Waals surface area contributed by atoms with Crippen LogP contribution in [0.25, 0.3) is 0 Å². The van der Waals surface area contributed by atoms with Gasteiger partial charge < -0.3 is 5.73 Å². The van der Waals surface area contributed by atoms with Crippen molar-refractivity contribution in [2.24, 2.45) is 5.73 Å². The first-order valence-electron chi connectivity index (χ1n) is 5.06. The topological polar surface area (TPSA) is 26.0 Å². The summed E-state index contributed by atoms with van der Waals surface area (Å²) in [5.74, 6) is 0. The van der Waals surface area contributed by atoms with Crippen LogP contribution >= 0.6 is 0 Å². The van der Waals surface area contributed by atoms with Crippen molar-refractivity contribution in [2.75, 3.05) is 0 Å². The van der Waals surface area contributed by atoms with Gasteiger partial charge in [0, 0.05) is 6.04 Å². The Labute approximate surface area is 86.6 Å². The number of hydrogen-bond acceptors (Lipinski definition) is 1. The molecule has 1 rings (SSSR count). The molecule has 2 N–H and O–H groups in total. The van der Waals surface area contributed by atoms with E-state index in [0.717, 1.165) is 12.8 Å². The van der Waals surface area contributed by atoms with Crippen molar-refractivity contribution in [1.29, 1.82) is 0 Å². The Morgan fingerprint density at radius 2 is 1.93 bits per heavy atom. The third-order valence-corrected chi connectivity index (χ3v) is 2.58. The molecule has 0 amide bonds. The van der Waals surface area contributed by atoms with E-state index in [1.807, 2.05) is 6.08 Å². The van der Waals surface area contributed by atoms with E-state index in [0.29, 0.717) is 0 Å². The second-order valence-electron chi connectivity index (χ2n) is 3.86. The monoisotopic (exact) mass is 189 g/mol. The first kappa shape index (κ1) is 11.0. The van der Waals surface area contributed by atoms with Crippen molar-refractivity contribution in [3.8, 4) is 0 Å². The molecule has 0 bridgehead atoms. The molecular formula is C13H19N. The number of nitrogens with two attached hydrogens (primary N) is 1. The fourth-order valence-corrected chi connectivity index (χ4v) is 1.73. The molecule has 1 nitrogen and oxygen atoms in total. The van der Waals surface area contributed by atoms with Gasteiger partial charge in [0.2, 0.25) is 0 Å². The molecule has 1 heteroatoms. The van der Waals surface area contributed by atoms with Crippen LogP contribution in [-0.4, -0.2) is 6.04 Å². The van der Waals surface area contributed by atoms with Gasteiger partial charge in [-0.3, -0.25) is 0 Å². The smallest absolute Gasteiger partial charge is 0.0114 e. The summed E-state index contributed by atoms with van der Waals surface area (Å²) in [4.78, 5) is 0. The number of hydrogen-bond donors (Lipinski definition) is 1. The van der Waals surface area contributed by atoms with Gasteiger partial charge in [0.25, 0.3) is 0 Å². The summed E-state index contributed by atoms with van der Waals surface area (Å²) in [5, 5.41) is 0. The van der Waals surface area contributed by atoms with Crippen molar-refractivity contribution in [3.05, 3.63) is 47.5 Å². The number of benzene rings is 1. The lowest BCUT2D eigenvalue weighted by Gasteiger charge is -2.13. The van der Waals surface area contributed by atoms with Crippen molar-refractivity contribution >= 4 is 0 Å². The lowest BCUT2D eigenvalue weighted by molar-refractivity contribution is 0.675. The minimum absolute atomic E-state index is 0.201. The van der Waals surface area contributed by atoms with E-state index in [9.17, 15) is 0 Å². The van der Waals surface area contributed by atoms with Crippen LogP contribution in [0.15, 0.2) is 30.9 Å². The standard InChI is InChI=1S/C13H19N/c1-4-6-12(14)9-13-10(2)7-5-8-11(13)3/h4-5,7-8,12H,1,6,9,14H2,2-3H3. The lowest BCUT2D eigenvalue weighted by atomic mass is 9.95. The van der Waals surface area contributed by atoms with Crippen molar-refractivity contribution in [2.45, 2.75) is 32.7 Å². The van der Waals surface area contributed by atoms with Crippen LogP contribution < -0.4 is 5.73 Å². The molecule has 0 heterocycles. The summed E-state index contributed by atoms with van der Waals surface area (Å²) in [6.07, 6.45) is 3.72. The zero-order valence-corrected chi connectivity index (χ0v) is 9.09. The highest BCUT2D eigenvalue weighted by Gasteiger charge is 2.06. The van der Waals surface area contributed by atoms with Gasteiger partial charge in [-0.15, -0.1) is 6.58 Å². The van der Waals surface area contributed by atoms with Crippen molar-refractivity contribution in [1.82, 2.24) is 0 Å². The highest BCUT2D eigenvalue weighted by Crippen LogP contribution is 2.15. The highest BCUT2D eigenvalue weighted by molar-refractivity contribution is 5.34. The Kier molecular flexibility index (Phi) is 3.90. The van der Waals surface area contributed by atoms with Gasteiger partial charge in [-0.25, -0.2) is 0 Å². The molecule has 0 aliphatic carbocycles. The second kappa shape index (κ2) is 4.97. The van der Waals surface area contributed by atoms with Crippen LogP contribution in [-0.2, 0) is 6.42 Å². The predicted octanol–water partition coefficient (Wildman–Crippen LogP) is 2.75. The maximum atomic E-state index is 5.98. The average molecular weight is 189 g/mol. The van der Waals surface area contributed by atoms with E-state index < -0.39 is 0 Å². The lowest BCUT2D eigenvalue weighted by Crippen LogP contribution is -2.22. The maximum Gasteiger partial charge on any atom is 0.0114 e. The summed E-state index contributed by atoms with van der Waals surface area (Å²) in [5.41, 5.74) is 10.0. The summed E-state index contributed by atoms with van der Waals surface area (Å²) in [6.45, 7) is 7.99. The molecule has 0 saturated carbocycles. The SMILES string of the molecule is C=CCC(N)Cc1c(C)cccc1C. The van der Waals surface area contributed by atoms with E-state index in [4.69, 9.17) is 5.73 Å². The van der Waals surface area contributed by atoms with Crippen LogP contribution in [0.5, 0.6) is 0 Å². The fourth-order valence-electron chi connectivity index (χ4n) is 1.73. The Bertz CT molecular complexity index is 295. The number of aryl methyl sites for hydroxylation is 2. The van der Waals surface area contributed by atoms with Crippen molar-refractivity contribution in [3.63, 3.8) is 0 Å². The van der Waals surface area contributed by atoms with Crippen LogP contribution in [0.4, 0.5) is 0 Å². The first-order valence-corrected chi connectivity index (χ1v) is 5.06. The molecule has 14 heavy (non-hydrogen) atoms. The first-order chi connectivity index (χ1) is 6.65. The molecule has 0 aliphatic rings. The van der Waals surface area contributed by atoms with Crippen molar-refractivity contribution < 1.29 is 0 Å². The van der Waals surface area contributed by atoms with Crippen LogP contribution in [0.3, 0.4) is 0 Å². The molecule has 1 aromatic carbocycles. The average Bonchev–Trinajstić information content (AvgIpc) is 2.12. The molecule has 0 aliphatic heterocycles. The normalized spacial score (nSPS) is 12.5. The summed E-state index contributed by atoms with van der Waals surface area (Å²) >= 11 is 0. The Balaban J connectivity index is 2.80. The van der Waals surface area contributed by atoms with Gasteiger partial charge >= 0.3 is 0 Å². The second-order valence-corrected chi connectivity index (χ2v) is 3.86. The zero-order valence-electron chi connectivity index (χ0n) is 9.09. The largest absolute Gasteiger partial charge is 0.327 e. The van der Waals surface area contributed by atoms with Gasteiger partial charge in [-0.1, -0.05) is 24.3 Å². The third kappa shape index (κ3) is 2.71. The van der Waals surface area contributed by atoms with Gasteiger partial charge in [0.05, 0.1) is 0 Å². The van der Waals surface area contributed by atoms with E-state index in [-0.39, 0.29) is 6.04 Å². The van der Waals surface area contributed by atoms with Crippen LogP contribution in [0.2, 0.25) is 0 Å².